The Labute approximate surface area is 203 Å². The molecule has 8 nitrogen and oxygen atoms in total. The van der Waals surface area contributed by atoms with E-state index in [1.165, 1.54) is 11.2 Å². The highest BCUT2D eigenvalue weighted by Gasteiger charge is 2.36. The van der Waals surface area contributed by atoms with Crippen LogP contribution in [0, 0.1) is 0 Å². The van der Waals surface area contributed by atoms with Crippen LogP contribution in [0.5, 0.6) is 17.2 Å². The van der Waals surface area contributed by atoms with Crippen LogP contribution in [0.15, 0.2) is 65.3 Å². The first-order chi connectivity index (χ1) is 17.1. The maximum atomic E-state index is 13.8. The van der Waals surface area contributed by atoms with Crippen molar-refractivity contribution in [3.8, 4) is 17.2 Å². The third-order valence-electron chi connectivity index (χ3n) is 6.37. The number of rotatable bonds is 7. The predicted octanol–water partition coefficient (Wildman–Crippen LogP) is 4.51. The molecule has 2 heterocycles. The van der Waals surface area contributed by atoms with Gasteiger partial charge in [-0.3, -0.25) is 14.5 Å². The van der Waals surface area contributed by atoms with E-state index in [1.54, 1.807) is 49.6 Å². The highest BCUT2D eigenvalue weighted by molar-refractivity contribution is 6.08. The van der Waals surface area contributed by atoms with E-state index in [0.29, 0.717) is 41.7 Å². The van der Waals surface area contributed by atoms with Crippen LogP contribution < -0.4 is 24.4 Å². The number of benzene rings is 2. The summed E-state index contributed by atoms with van der Waals surface area (Å²) < 4.78 is 22.3. The third-order valence-corrected chi connectivity index (χ3v) is 6.37. The van der Waals surface area contributed by atoms with Crippen LogP contribution in [0.1, 0.15) is 47.8 Å². The molecular formula is C27H28N2O6. The van der Waals surface area contributed by atoms with Crippen molar-refractivity contribution in [2.75, 3.05) is 25.2 Å². The highest BCUT2D eigenvalue weighted by atomic mass is 16.6. The van der Waals surface area contributed by atoms with Gasteiger partial charge in [0.25, 0.3) is 5.91 Å². The highest BCUT2D eigenvalue weighted by Crippen LogP contribution is 2.38. The summed E-state index contributed by atoms with van der Waals surface area (Å²) in [5, 5.41) is 3.17. The normalized spacial score (nSPS) is 15.9. The molecule has 2 amide bonds. The van der Waals surface area contributed by atoms with Gasteiger partial charge in [-0.25, -0.2) is 0 Å². The average molecular weight is 477 g/mol. The molecule has 2 aromatic carbocycles. The molecule has 1 N–H and O–H groups in total. The fraction of sp³-hybridized carbons (Fsp3) is 0.333. The summed E-state index contributed by atoms with van der Waals surface area (Å²) in [7, 11) is 1.57. The predicted molar refractivity (Wildman–Crippen MR) is 129 cm³/mol. The minimum atomic E-state index is -0.967. The van der Waals surface area contributed by atoms with Crippen molar-refractivity contribution >= 4 is 17.5 Å². The van der Waals surface area contributed by atoms with Crippen LogP contribution in [-0.4, -0.2) is 38.2 Å². The molecule has 0 unspecified atom stereocenters. The zero-order chi connectivity index (χ0) is 24.2. The van der Waals surface area contributed by atoms with Gasteiger partial charge >= 0.3 is 0 Å². The molecule has 1 saturated carbocycles. The van der Waals surface area contributed by atoms with Crippen LogP contribution in [0.25, 0.3) is 0 Å². The molecule has 0 saturated heterocycles. The molecule has 0 radical (unpaired) electrons. The summed E-state index contributed by atoms with van der Waals surface area (Å²) in [6.07, 6.45) is 5.44. The van der Waals surface area contributed by atoms with E-state index >= 15 is 0 Å². The van der Waals surface area contributed by atoms with E-state index in [1.807, 2.05) is 12.1 Å². The van der Waals surface area contributed by atoms with Crippen molar-refractivity contribution in [1.29, 1.82) is 0 Å². The minimum absolute atomic E-state index is 0.0800. The zero-order valence-corrected chi connectivity index (χ0v) is 19.6. The summed E-state index contributed by atoms with van der Waals surface area (Å²) in [4.78, 5) is 29.1. The van der Waals surface area contributed by atoms with Gasteiger partial charge in [0.15, 0.2) is 17.3 Å². The average Bonchev–Trinajstić information content (AvgIpc) is 3.61. The molecule has 3 aromatic rings. The molecule has 182 valence electrons. The van der Waals surface area contributed by atoms with Gasteiger partial charge in [-0.15, -0.1) is 0 Å². The standard InChI is InChI=1S/C27H28N2O6/c1-32-21-9-4-6-18(16-21)25(26(30)28-19-7-2-3-8-19)29(27(31)23-10-5-13-33-23)20-11-12-22-24(17-20)35-15-14-34-22/h4-6,9-13,16-17,19,25H,2-3,7-8,14-15H2,1H3,(H,28,30)/t25-/m0/s1. The summed E-state index contributed by atoms with van der Waals surface area (Å²) >= 11 is 0. The summed E-state index contributed by atoms with van der Waals surface area (Å²) in [6, 6.07) is 14.8. The lowest BCUT2D eigenvalue weighted by molar-refractivity contribution is -0.123. The minimum Gasteiger partial charge on any atom is -0.497 e. The second-order valence-electron chi connectivity index (χ2n) is 8.65. The lowest BCUT2D eigenvalue weighted by atomic mass is 10.0. The van der Waals surface area contributed by atoms with E-state index in [4.69, 9.17) is 18.6 Å². The summed E-state index contributed by atoms with van der Waals surface area (Å²) in [5.41, 5.74) is 1.11. The molecule has 0 spiro atoms. The van der Waals surface area contributed by atoms with Gasteiger partial charge in [-0.05, 0) is 54.8 Å². The van der Waals surface area contributed by atoms with Gasteiger partial charge < -0.3 is 23.9 Å². The fourth-order valence-corrected chi connectivity index (χ4v) is 4.66. The number of amides is 2. The van der Waals surface area contributed by atoms with Gasteiger partial charge in [-0.2, -0.15) is 0 Å². The van der Waals surface area contributed by atoms with Crippen molar-refractivity contribution in [3.63, 3.8) is 0 Å². The molecule has 1 fully saturated rings. The van der Waals surface area contributed by atoms with Crippen LogP contribution in [0.4, 0.5) is 5.69 Å². The largest absolute Gasteiger partial charge is 0.497 e. The number of ether oxygens (including phenoxy) is 3. The van der Waals surface area contributed by atoms with Crippen LogP contribution in [-0.2, 0) is 4.79 Å². The first-order valence-electron chi connectivity index (χ1n) is 11.8. The SMILES string of the molecule is COc1cccc([C@@H](C(=O)NC2CCCC2)N(C(=O)c2ccco2)c2ccc3c(c2)OCCO3)c1. The molecular weight excluding hydrogens is 448 g/mol. The van der Waals surface area contributed by atoms with E-state index in [2.05, 4.69) is 5.32 Å². The fourth-order valence-electron chi connectivity index (χ4n) is 4.66. The van der Waals surface area contributed by atoms with Gasteiger partial charge in [0.2, 0.25) is 5.91 Å². The van der Waals surface area contributed by atoms with Crippen molar-refractivity contribution in [2.24, 2.45) is 0 Å². The van der Waals surface area contributed by atoms with Crippen molar-refractivity contribution in [3.05, 3.63) is 72.2 Å². The van der Waals surface area contributed by atoms with E-state index in [-0.39, 0.29) is 17.7 Å². The second kappa shape index (κ2) is 10.1. The Hall–Kier alpha value is -3.94. The Bertz CT molecular complexity index is 1190. The number of nitrogens with zero attached hydrogens (tertiary/aromatic N) is 1. The maximum absolute atomic E-state index is 13.8. The van der Waals surface area contributed by atoms with Gasteiger partial charge in [-0.1, -0.05) is 25.0 Å². The summed E-state index contributed by atoms with van der Waals surface area (Å²) in [6.45, 7) is 0.863. The molecule has 8 heteroatoms. The lowest BCUT2D eigenvalue weighted by Crippen LogP contribution is -2.46. The Morgan fingerprint density at radius 2 is 1.80 bits per heavy atom. The molecule has 35 heavy (non-hydrogen) atoms. The quantitative estimate of drug-likeness (QED) is 0.540. The van der Waals surface area contributed by atoms with Crippen molar-refractivity contribution in [1.82, 2.24) is 5.32 Å². The van der Waals surface area contributed by atoms with Crippen LogP contribution in [0.3, 0.4) is 0 Å². The first-order valence-corrected chi connectivity index (χ1v) is 11.8. The number of furan rings is 1. The van der Waals surface area contributed by atoms with Gasteiger partial charge in [0.05, 0.1) is 13.4 Å². The first kappa shape index (κ1) is 22.8. The van der Waals surface area contributed by atoms with E-state index < -0.39 is 11.9 Å². The molecule has 0 bridgehead atoms. The molecule has 1 aliphatic carbocycles. The molecule has 1 aliphatic heterocycles. The number of hydrogen-bond donors (Lipinski definition) is 1. The maximum Gasteiger partial charge on any atom is 0.294 e. The number of methoxy groups -OCH3 is 1. The molecule has 1 aromatic heterocycles. The Kier molecular flexibility index (Phi) is 6.61. The molecule has 2 aliphatic rings. The molecule has 5 rings (SSSR count). The topological polar surface area (TPSA) is 90.2 Å². The Morgan fingerprint density at radius 1 is 1.00 bits per heavy atom. The summed E-state index contributed by atoms with van der Waals surface area (Å²) in [5.74, 6) is 1.13. The lowest BCUT2D eigenvalue weighted by Gasteiger charge is -2.32. The smallest absolute Gasteiger partial charge is 0.294 e. The Balaban J connectivity index is 1.62. The number of carbonyl (C=O) groups excluding carboxylic acids is 2. The van der Waals surface area contributed by atoms with Gasteiger partial charge in [0, 0.05) is 17.8 Å². The van der Waals surface area contributed by atoms with Crippen LogP contribution in [0.2, 0.25) is 0 Å². The van der Waals surface area contributed by atoms with Crippen LogP contribution >= 0.6 is 0 Å². The number of hydrogen-bond acceptors (Lipinski definition) is 6. The monoisotopic (exact) mass is 476 g/mol. The number of carbonyl (C=O) groups is 2. The molecule has 1 atom stereocenters. The zero-order valence-electron chi connectivity index (χ0n) is 19.6. The second-order valence-corrected chi connectivity index (χ2v) is 8.65. The number of nitrogens with one attached hydrogen (secondary N) is 1. The number of fused-ring (bicyclic) bond motifs is 1. The van der Waals surface area contributed by atoms with Crippen molar-refractivity contribution < 1.29 is 28.2 Å². The van der Waals surface area contributed by atoms with Crippen molar-refractivity contribution in [2.45, 2.75) is 37.8 Å². The number of anilines is 1. The van der Waals surface area contributed by atoms with E-state index in [9.17, 15) is 9.59 Å². The van der Waals surface area contributed by atoms with Gasteiger partial charge in [0.1, 0.15) is 25.0 Å². The third kappa shape index (κ3) is 4.82. The Morgan fingerprint density at radius 3 is 2.54 bits per heavy atom. The van der Waals surface area contributed by atoms with E-state index in [0.717, 1.165) is 25.7 Å².